The van der Waals surface area contributed by atoms with Crippen molar-refractivity contribution in [2.45, 2.75) is 46.1 Å². The lowest BCUT2D eigenvalue weighted by atomic mass is 10.2. The summed E-state index contributed by atoms with van der Waals surface area (Å²) >= 11 is 1.78. The van der Waals surface area contributed by atoms with Crippen LogP contribution in [0.4, 0.5) is 11.6 Å². The predicted octanol–water partition coefficient (Wildman–Crippen LogP) is 4.66. The van der Waals surface area contributed by atoms with Crippen LogP contribution in [-0.4, -0.2) is 16.5 Å². The molecule has 0 saturated heterocycles. The molecule has 0 spiro atoms. The monoisotopic (exact) mass is 304 g/mol. The summed E-state index contributed by atoms with van der Waals surface area (Å²) in [7, 11) is 0. The van der Waals surface area contributed by atoms with Crippen LogP contribution in [0.3, 0.4) is 0 Å². The average molecular weight is 304 g/mol. The lowest BCUT2D eigenvalue weighted by Crippen LogP contribution is -2.12. The molecular weight excluding hydrogens is 280 g/mol. The SMILES string of the molecule is CCNc1cc(NC(CC)c2cccs2)nc(C(C)C)n1. The first-order valence-electron chi connectivity index (χ1n) is 7.56. The van der Waals surface area contributed by atoms with Gasteiger partial charge in [0.15, 0.2) is 0 Å². The Balaban J connectivity index is 2.25. The van der Waals surface area contributed by atoms with E-state index in [9.17, 15) is 0 Å². The predicted molar refractivity (Wildman–Crippen MR) is 91.3 cm³/mol. The maximum atomic E-state index is 4.66. The van der Waals surface area contributed by atoms with Crippen LogP contribution >= 0.6 is 11.3 Å². The molecule has 2 aromatic rings. The van der Waals surface area contributed by atoms with Gasteiger partial charge in [-0.1, -0.05) is 26.8 Å². The quantitative estimate of drug-likeness (QED) is 0.781. The molecule has 1 unspecified atom stereocenters. The normalized spacial score (nSPS) is 12.4. The Morgan fingerprint density at radius 1 is 1.19 bits per heavy atom. The van der Waals surface area contributed by atoms with Gasteiger partial charge in [0.1, 0.15) is 17.5 Å². The van der Waals surface area contributed by atoms with E-state index in [2.05, 4.69) is 65.8 Å². The molecule has 2 aromatic heterocycles. The molecule has 4 nitrogen and oxygen atoms in total. The van der Waals surface area contributed by atoms with Crippen molar-refractivity contribution in [3.8, 4) is 0 Å². The van der Waals surface area contributed by atoms with E-state index in [4.69, 9.17) is 0 Å². The molecule has 0 bridgehead atoms. The third-order valence-corrected chi connectivity index (χ3v) is 4.22. The highest BCUT2D eigenvalue weighted by Crippen LogP contribution is 2.27. The third-order valence-electron chi connectivity index (χ3n) is 3.23. The van der Waals surface area contributed by atoms with Gasteiger partial charge in [0.05, 0.1) is 6.04 Å². The van der Waals surface area contributed by atoms with Crippen molar-refractivity contribution in [2.75, 3.05) is 17.2 Å². The summed E-state index contributed by atoms with van der Waals surface area (Å²) < 4.78 is 0. The van der Waals surface area contributed by atoms with Crippen molar-refractivity contribution < 1.29 is 0 Å². The Morgan fingerprint density at radius 3 is 2.52 bits per heavy atom. The first kappa shape index (κ1) is 15.8. The molecule has 0 aliphatic carbocycles. The van der Waals surface area contributed by atoms with Crippen LogP contribution in [0, 0.1) is 0 Å². The Morgan fingerprint density at radius 2 is 1.95 bits per heavy atom. The minimum atomic E-state index is 0.300. The molecule has 0 aliphatic heterocycles. The van der Waals surface area contributed by atoms with E-state index < -0.39 is 0 Å². The van der Waals surface area contributed by atoms with Gasteiger partial charge in [0.25, 0.3) is 0 Å². The second kappa shape index (κ2) is 7.41. The molecule has 2 heterocycles. The van der Waals surface area contributed by atoms with Gasteiger partial charge in [-0.25, -0.2) is 9.97 Å². The summed E-state index contributed by atoms with van der Waals surface area (Å²) in [5, 5.41) is 8.94. The highest BCUT2D eigenvalue weighted by molar-refractivity contribution is 7.10. The molecule has 0 saturated carbocycles. The molecule has 2 rings (SSSR count). The van der Waals surface area contributed by atoms with E-state index in [0.717, 1.165) is 30.4 Å². The fraction of sp³-hybridized carbons (Fsp3) is 0.500. The van der Waals surface area contributed by atoms with Crippen molar-refractivity contribution in [1.82, 2.24) is 9.97 Å². The zero-order valence-corrected chi connectivity index (χ0v) is 14.0. The molecule has 21 heavy (non-hydrogen) atoms. The van der Waals surface area contributed by atoms with Gasteiger partial charge in [-0.15, -0.1) is 11.3 Å². The van der Waals surface area contributed by atoms with Crippen LogP contribution in [0.1, 0.15) is 56.8 Å². The first-order chi connectivity index (χ1) is 10.1. The lowest BCUT2D eigenvalue weighted by Gasteiger charge is -2.18. The molecule has 5 heteroatoms. The Hall–Kier alpha value is -1.62. The van der Waals surface area contributed by atoms with Gasteiger partial charge < -0.3 is 10.6 Å². The number of hydrogen-bond donors (Lipinski definition) is 2. The summed E-state index contributed by atoms with van der Waals surface area (Å²) in [6.45, 7) is 9.35. The minimum Gasteiger partial charge on any atom is -0.370 e. The number of nitrogens with one attached hydrogen (secondary N) is 2. The van der Waals surface area contributed by atoms with Crippen LogP contribution < -0.4 is 10.6 Å². The number of aromatic nitrogens is 2. The molecule has 0 amide bonds. The zero-order chi connectivity index (χ0) is 15.2. The summed E-state index contributed by atoms with van der Waals surface area (Å²) in [6, 6.07) is 6.55. The van der Waals surface area contributed by atoms with E-state index in [-0.39, 0.29) is 0 Å². The van der Waals surface area contributed by atoms with Gasteiger partial charge in [0, 0.05) is 23.4 Å². The van der Waals surface area contributed by atoms with Crippen molar-refractivity contribution in [3.05, 3.63) is 34.3 Å². The number of hydrogen-bond acceptors (Lipinski definition) is 5. The number of anilines is 2. The standard InChI is InChI=1S/C16H24N4S/c1-5-12(13-8-7-9-21-13)18-15-10-14(17-6-2)19-16(20-15)11(3)4/h7-12H,5-6H2,1-4H3,(H2,17,18,19,20). The lowest BCUT2D eigenvalue weighted by molar-refractivity contribution is 0.740. The van der Waals surface area contributed by atoms with Gasteiger partial charge in [-0.3, -0.25) is 0 Å². The maximum Gasteiger partial charge on any atom is 0.135 e. The highest BCUT2D eigenvalue weighted by Gasteiger charge is 2.13. The molecule has 0 aliphatic rings. The zero-order valence-electron chi connectivity index (χ0n) is 13.2. The Bertz CT molecular complexity index is 551. The fourth-order valence-electron chi connectivity index (χ4n) is 2.11. The summed E-state index contributed by atoms with van der Waals surface area (Å²) in [6.07, 6.45) is 1.03. The van der Waals surface area contributed by atoms with Crippen molar-refractivity contribution in [1.29, 1.82) is 0 Å². The molecule has 0 aromatic carbocycles. The second-order valence-electron chi connectivity index (χ2n) is 5.30. The number of nitrogens with zero attached hydrogens (tertiary/aromatic N) is 2. The van der Waals surface area contributed by atoms with Crippen LogP contribution in [-0.2, 0) is 0 Å². The molecule has 2 N–H and O–H groups in total. The van der Waals surface area contributed by atoms with Crippen LogP contribution in [0.2, 0.25) is 0 Å². The smallest absolute Gasteiger partial charge is 0.135 e. The van der Waals surface area contributed by atoms with Crippen LogP contribution in [0.5, 0.6) is 0 Å². The van der Waals surface area contributed by atoms with Gasteiger partial charge >= 0.3 is 0 Å². The largest absolute Gasteiger partial charge is 0.370 e. The van der Waals surface area contributed by atoms with Crippen LogP contribution in [0.25, 0.3) is 0 Å². The Kier molecular flexibility index (Phi) is 5.56. The summed E-state index contributed by atoms with van der Waals surface area (Å²) in [5.41, 5.74) is 0. The van der Waals surface area contributed by atoms with Gasteiger partial charge in [0.2, 0.25) is 0 Å². The molecule has 0 radical (unpaired) electrons. The van der Waals surface area contributed by atoms with Crippen molar-refractivity contribution >= 4 is 23.0 Å². The number of rotatable bonds is 7. The van der Waals surface area contributed by atoms with Crippen LogP contribution in [0.15, 0.2) is 23.6 Å². The molecule has 1 atom stereocenters. The minimum absolute atomic E-state index is 0.300. The third kappa shape index (κ3) is 4.17. The molecule has 114 valence electrons. The van der Waals surface area contributed by atoms with Crippen molar-refractivity contribution in [2.24, 2.45) is 0 Å². The van der Waals surface area contributed by atoms with Crippen molar-refractivity contribution in [3.63, 3.8) is 0 Å². The first-order valence-corrected chi connectivity index (χ1v) is 8.44. The fourth-order valence-corrected chi connectivity index (χ4v) is 2.97. The van der Waals surface area contributed by atoms with E-state index in [1.807, 2.05) is 6.07 Å². The second-order valence-corrected chi connectivity index (χ2v) is 6.28. The van der Waals surface area contributed by atoms with Gasteiger partial charge in [-0.05, 0) is 24.8 Å². The Labute approximate surface area is 131 Å². The topological polar surface area (TPSA) is 49.8 Å². The van der Waals surface area contributed by atoms with E-state index >= 15 is 0 Å². The molecular formula is C16H24N4S. The molecule has 0 fully saturated rings. The van der Waals surface area contributed by atoms with E-state index in [1.165, 1.54) is 4.88 Å². The van der Waals surface area contributed by atoms with E-state index in [0.29, 0.717) is 12.0 Å². The maximum absolute atomic E-state index is 4.66. The number of thiophene rings is 1. The van der Waals surface area contributed by atoms with Gasteiger partial charge in [-0.2, -0.15) is 0 Å². The highest BCUT2D eigenvalue weighted by atomic mass is 32.1. The summed E-state index contributed by atoms with van der Waals surface area (Å²) in [4.78, 5) is 10.6. The average Bonchev–Trinajstić information content (AvgIpc) is 2.99. The van der Waals surface area contributed by atoms with E-state index in [1.54, 1.807) is 11.3 Å². The summed E-state index contributed by atoms with van der Waals surface area (Å²) in [5.74, 6) is 2.97.